The van der Waals surface area contributed by atoms with E-state index in [9.17, 15) is 26.3 Å². The highest BCUT2D eigenvalue weighted by molar-refractivity contribution is 7.41. The lowest BCUT2D eigenvalue weighted by molar-refractivity contribution is -0.131. The summed E-state index contributed by atoms with van der Waals surface area (Å²) in [6.07, 6.45) is -10.2. The van der Waals surface area contributed by atoms with Gasteiger partial charge in [-0.1, -0.05) is 12.1 Å². The Labute approximate surface area is 90.9 Å². The van der Waals surface area contributed by atoms with E-state index in [-0.39, 0.29) is 12.1 Å². The van der Waals surface area contributed by atoms with Crippen LogP contribution in [0.4, 0.5) is 26.3 Å². The summed E-state index contributed by atoms with van der Waals surface area (Å²) in [7, 11) is -1.01. The Hall–Kier alpha value is 0.231. The monoisotopic (exact) mass is 284 g/mol. The van der Waals surface area contributed by atoms with Gasteiger partial charge in [-0.3, -0.25) is 0 Å². The fraction of sp³-hybridized carbons (Fsp3) is 1.00. The van der Waals surface area contributed by atoms with E-state index in [2.05, 4.69) is 0 Å². The number of rotatable bonds is 4. The third-order valence-corrected chi connectivity index (χ3v) is 11.4. The van der Waals surface area contributed by atoms with Crippen LogP contribution < -0.4 is 0 Å². The van der Waals surface area contributed by atoms with Gasteiger partial charge >= 0.3 is 12.4 Å². The molecule has 0 radical (unpaired) electrons. The molecule has 0 amide bonds. The summed E-state index contributed by atoms with van der Waals surface area (Å²) < 4.78 is 71.3. The summed E-state index contributed by atoms with van der Waals surface area (Å²) in [5.74, 6) is 0. The van der Waals surface area contributed by atoms with Gasteiger partial charge in [-0.25, -0.2) is 0 Å². The second kappa shape index (κ2) is 5.04. The first-order chi connectivity index (χ1) is 6.41. The molecule has 0 atom stereocenters. The lowest BCUT2D eigenvalue weighted by atomic mass is 10.5. The Morgan fingerprint density at radius 3 is 1.20 bits per heavy atom. The van der Waals surface area contributed by atoms with Gasteiger partial charge < -0.3 is 0 Å². The largest absolute Gasteiger partial charge is 0.388 e. The van der Waals surface area contributed by atoms with E-state index in [1.807, 2.05) is 0 Å². The van der Waals surface area contributed by atoms with Crippen LogP contribution in [0, 0.1) is 0 Å². The van der Waals surface area contributed by atoms with Crippen LogP contribution in [-0.2, 0) is 0 Å². The van der Waals surface area contributed by atoms with Crippen LogP contribution in [0.15, 0.2) is 0 Å². The second-order valence-corrected chi connectivity index (χ2v) is 30.2. The summed E-state index contributed by atoms with van der Waals surface area (Å²) in [6, 6.07) is -0.0178. The predicted octanol–water partition coefficient (Wildman–Crippen LogP) is 1.06. The highest BCUT2D eigenvalue weighted by atomic mass is 29.6. The fourth-order valence-corrected chi connectivity index (χ4v) is 6.26. The Balaban J connectivity index is 3.98. The Morgan fingerprint density at radius 1 is 0.733 bits per heavy atom. The van der Waals surface area contributed by atoms with E-state index in [0.717, 1.165) is 0 Å². The standard InChI is InChI=1S/C6H14F6Si3/c7-5(8,9)1-3-15(13,14)4-2-6(10,11)12/h1-4H2,13-14H3. The van der Waals surface area contributed by atoms with Crippen LogP contribution in [0.3, 0.4) is 0 Å². The molecule has 0 saturated heterocycles. The number of hydrogen-bond donors (Lipinski definition) is 0. The third-order valence-electron chi connectivity index (χ3n) is 2.17. The summed E-state index contributed by atoms with van der Waals surface area (Å²) >= 11 is 0. The van der Waals surface area contributed by atoms with Crippen molar-refractivity contribution < 1.29 is 26.3 Å². The molecule has 9 heteroatoms. The summed E-state index contributed by atoms with van der Waals surface area (Å²) in [4.78, 5) is 0. The molecule has 0 aliphatic heterocycles. The van der Waals surface area contributed by atoms with Crippen molar-refractivity contribution in [1.82, 2.24) is 0 Å². The minimum atomic E-state index is -4.22. The van der Waals surface area contributed by atoms with E-state index in [1.165, 1.54) is 0 Å². The molecular formula is C6H14F6Si3. The van der Waals surface area contributed by atoms with Crippen LogP contribution in [0.1, 0.15) is 12.8 Å². The van der Waals surface area contributed by atoms with E-state index in [0.29, 0.717) is 19.5 Å². The zero-order valence-corrected chi connectivity index (χ0v) is 13.6. The smallest absolute Gasteiger partial charge is 0.171 e. The summed E-state index contributed by atoms with van der Waals surface area (Å²) in [5, 5.41) is 0. The lowest BCUT2D eigenvalue weighted by Gasteiger charge is -2.23. The average Bonchev–Trinajstić information content (AvgIpc) is 1.96. The zero-order chi connectivity index (χ0) is 12.3. The van der Waals surface area contributed by atoms with Crippen molar-refractivity contribution >= 4 is 26.6 Å². The molecule has 15 heavy (non-hydrogen) atoms. The van der Waals surface area contributed by atoms with Crippen molar-refractivity contribution in [3.05, 3.63) is 0 Å². The quantitative estimate of drug-likeness (QED) is 0.535. The first-order valence-electron chi connectivity index (χ1n) is 4.55. The Bertz CT molecular complexity index is 176. The normalized spacial score (nSPS) is 14.8. The van der Waals surface area contributed by atoms with Crippen LogP contribution in [0.5, 0.6) is 0 Å². The Morgan fingerprint density at radius 2 is 1.00 bits per heavy atom. The highest BCUT2D eigenvalue weighted by Gasteiger charge is 2.35. The molecule has 0 saturated carbocycles. The number of hydrogen-bond acceptors (Lipinski definition) is 0. The topological polar surface area (TPSA) is 0 Å². The molecule has 0 aromatic rings. The van der Waals surface area contributed by atoms with Gasteiger partial charge in [0.05, 0.1) is 0 Å². The van der Waals surface area contributed by atoms with Crippen LogP contribution in [0.25, 0.3) is 0 Å². The van der Waals surface area contributed by atoms with E-state index >= 15 is 0 Å². The maximum Gasteiger partial charge on any atom is 0.388 e. The van der Waals surface area contributed by atoms with Gasteiger partial charge in [0.25, 0.3) is 0 Å². The van der Waals surface area contributed by atoms with Crippen molar-refractivity contribution in [2.45, 2.75) is 37.3 Å². The molecule has 0 unspecified atom stereocenters. The van der Waals surface area contributed by atoms with Gasteiger partial charge in [0.15, 0.2) is 0 Å². The van der Waals surface area contributed by atoms with Gasteiger partial charge in [-0.05, 0) is 19.5 Å². The first-order valence-corrected chi connectivity index (χ1v) is 14.0. The SMILES string of the molecule is FC(F)(F)CC[Si]([SiH3])([SiH3])CCC(F)(F)F. The van der Waals surface area contributed by atoms with Gasteiger partial charge in [0.2, 0.25) is 0 Å². The summed E-state index contributed by atoms with van der Waals surface area (Å²) in [6.45, 7) is 0. The Kier molecular flexibility index (Phi) is 5.12. The molecule has 0 spiro atoms. The van der Waals surface area contributed by atoms with Gasteiger partial charge in [0.1, 0.15) is 0 Å². The van der Waals surface area contributed by atoms with Crippen molar-refractivity contribution in [3.8, 4) is 0 Å². The molecule has 0 aromatic heterocycles. The van der Waals surface area contributed by atoms with Crippen molar-refractivity contribution in [2.24, 2.45) is 0 Å². The minimum Gasteiger partial charge on any atom is -0.171 e. The second-order valence-electron chi connectivity index (χ2n) is 4.39. The first kappa shape index (κ1) is 15.2. The average molecular weight is 284 g/mol. The molecule has 92 valence electrons. The van der Waals surface area contributed by atoms with Crippen molar-refractivity contribution in [3.63, 3.8) is 0 Å². The highest BCUT2D eigenvalue weighted by Crippen LogP contribution is 2.29. The third kappa shape index (κ3) is 10.5. The summed E-state index contributed by atoms with van der Waals surface area (Å²) in [5.41, 5.74) is 0. The van der Waals surface area contributed by atoms with Gasteiger partial charge in [-0.2, -0.15) is 26.3 Å². The molecule has 0 aliphatic rings. The molecule has 0 fully saturated rings. The van der Waals surface area contributed by atoms with E-state index in [4.69, 9.17) is 0 Å². The molecule has 0 N–H and O–H groups in total. The predicted molar refractivity (Wildman–Crippen MR) is 56.6 cm³/mol. The van der Waals surface area contributed by atoms with Gasteiger partial charge in [-0.15, -0.1) is 0 Å². The molecule has 0 aromatic carbocycles. The van der Waals surface area contributed by atoms with Crippen molar-refractivity contribution in [2.75, 3.05) is 0 Å². The fourth-order valence-electron chi connectivity index (χ4n) is 1.09. The molecule has 0 bridgehead atoms. The molecule has 0 aliphatic carbocycles. The van der Waals surface area contributed by atoms with Gasteiger partial charge in [0, 0.05) is 20.0 Å². The molecule has 0 rings (SSSR count). The maximum absolute atomic E-state index is 11.9. The minimum absolute atomic E-state index is 0.00890. The van der Waals surface area contributed by atoms with E-state index < -0.39 is 32.3 Å². The van der Waals surface area contributed by atoms with E-state index in [1.54, 1.807) is 0 Å². The molecule has 0 nitrogen and oxygen atoms in total. The number of alkyl halides is 6. The van der Waals surface area contributed by atoms with Crippen LogP contribution >= 0.6 is 0 Å². The van der Waals surface area contributed by atoms with Crippen LogP contribution in [-0.4, -0.2) is 39.0 Å². The molecular weight excluding hydrogens is 270 g/mol. The van der Waals surface area contributed by atoms with Crippen LogP contribution in [0.2, 0.25) is 12.1 Å². The zero-order valence-electron chi connectivity index (χ0n) is 8.60. The molecule has 0 heterocycles. The number of halogens is 6. The lowest BCUT2D eigenvalue weighted by Crippen LogP contribution is -2.38. The van der Waals surface area contributed by atoms with Crippen molar-refractivity contribution in [1.29, 1.82) is 0 Å². The maximum atomic E-state index is 11.9.